The Hall–Kier alpha value is -7.05. The summed E-state index contributed by atoms with van der Waals surface area (Å²) in [5.41, 5.74) is 5.24. The van der Waals surface area contributed by atoms with E-state index in [2.05, 4.69) is 97.5 Å². The smallest absolute Gasteiger partial charge is 0.870 e. The molecule has 4 bridgehead atoms. The summed E-state index contributed by atoms with van der Waals surface area (Å²) in [6.07, 6.45) is 0.133. The molecule has 2 amide bonds. The number of carbonyl (C=O) groups excluding carboxylic acids is 2. The summed E-state index contributed by atoms with van der Waals surface area (Å²) >= 11 is 6.49. The monoisotopic (exact) mass is 2300 g/mol. The Morgan fingerprint density at radius 2 is 0.680 bits per heavy atom. The van der Waals surface area contributed by atoms with Crippen LogP contribution in [0.3, 0.4) is 0 Å². The molecule has 4 saturated heterocycles. The van der Waals surface area contributed by atoms with Gasteiger partial charge in [-0.3, -0.25) is 9.59 Å². The molecule has 12 aromatic rings. The first-order chi connectivity index (χ1) is 66.9. The van der Waals surface area contributed by atoms with Gasteiger partial charge in [-0.2, -0.15) is 64.4 Å². The number of halogens is 10. The quantitative estimate of drug-likeness (QED) is 0.0122. The fraction of sp³-hybridized carbons (Fsp3) is 0.356. The van der Waals surface area contributed by atoms with Gasteiger partial charge in [0, 0.05) is 76.4 Å². The Morgan fingerprint density at radius 3 is 0.966 bits per heavy atom. The summed E-state index contributed by atoms with van der Waals surface area (Å²) in [7, 11) is -8.17. The molecule has 4 aliphatic rings. The first-order valence-corrected chi connectivity index (χ1v) is 54.9. The Labute approximate surface area is 942 Å². The zero-order valence-corrected chi connectivity index (χ0v) is 96.5. The van der Waals surface area contributed by atoms with E-state index in [0.29, 0.717) is 118 Å². The van der Waals surface area contributed by atoms with Crippen LogP contribution in [0.2, 0.25) is 0 Å². The van der Waals surface area contributed by atoms with Crippen LogP contribution in [0.5, 0.6) is 23.0 Å². The third kappa shape index (κ3) is 36.0. The molecule has 0 spiro atoms. The Morgan fingerprint density at radius 1 is 0.429 bits per heavy atom. The maximum Gasteiger partial charge on any atom is 1.00 e. The van der Waals surface area contributed by atoms with Crippen LogP contribution < -0.4 is 123 Å². The number of alkyl halides is 7. The average Bonchev–Trinajstić information content (AvgIpc) is 1.35. The van der Waals surface area contributed by atoms with Crippen molar-refractivity contribution in [3.63, 3.8) is 0 Å². The van der Waals surface area contributed by atoms with E-state index in [0.717, 1.165) is 74.9 Å². The normalized spacial score (nSPS) is 17.0. The molecule has 772 valence electrons. The van der Waals surface area contributed by atoms with Crippen LogP contribution in [-0.4, -0.2) is 180 Å². The van der Waals surface area contributed by atoms with Crippen molar-refractivity contribution in [1.82, 2.24) is 19.2 Å². The Kier molecular flexibility index (Phi) is 48.7. The molecule has 4 heterocycles. The van der Waals surface area contributed by atoms with Gasteiger partial charge in [-0.05, 0) is 245 Å². The van der Waals surface area contributed by atoms with Crippen molar-refractivity contribution in [2.75, 3.05) is 26.4 Å². The number of fused-ring (bicyclic) bond motifs is 9. The van der Waals surface area contributed by atoms with E-state index in [1.54, 1.807) is 97.1 Å². The molecule has 0 saturated carbocycles. The molecule has 0 aromatic heterocycles. The van der Waals surface area contributed by atoms with Gasteiger partial charge >= 0.3 is 101 Å². The molecule has 4 aliphatic heterocycles. The van der Waals surface area contributed by atoms with Gasteiger partial charge in [0.05, 0.1) is 50.9 Å². The van der Waals surface area contributed by atoms with E-state index >= 15 is 17.6 Å². The van der Waals surface area contributed by atoms with Crippen molar-refractivity contribution in [1.29, 1.82) is 0 Å². The number of nitrogens with one attached hydrogen (secondary N) is 2. The Bertz CT molecular complexity index is 6770. The van der Waals surface area contributed by atoms with Crippen LogP contribution in [0.25, 0.3) is 53.9 Å². The van der Waals surface area contributed by atoms with E-state index in [1.807, 2.05) is 58.0 Å². The van der Waals surface area contributed by atoms with Crippen molar-refractivity contribution in [3.8, 4) is 23.0 Å². The molecule has 12 aromatic carbocycles. The van der Waals surface area contributed by atoms with Crippen molar-refractivity contribution >= 4 is 179 Å². The molecule has 26 nitrogen and oxygen atoms in total. The Balaban J connectivity index is 0.000000288. The minimum atomic E-state index is -5.08. The molecular weight excluding hydrogens is 2200 g/mol. The predicted octanol–water partition coefficient (Wildman–Crippen LogP) is 11.3. The second-order valence-electron chi connectivity index (χ2n) is 36.5. The van der Waals surface area contributed by atoms with Crippen molar-refractivity contribution in [3.05, 3.63) is 257 Å². The summed E-state index contributed by atoms with van der Waals surface area (Å²) in [6, 6.07) is 56.4. The third-order valence-electron chi connectivity index (χ3n) is 23.3. The number of nitrogens with zero attached hydrogens (tertiary/aromatic N) is 2. The average molecular weight is 2310 g/mol. The number of aliphatic carboxylic acids is 1. The third-order valence-corrected chi connectivity index (χ3v) is 30.2. The number of hydrogen-bond donors (Lipinski definition) is 4. The topological polar surface area (TPSA) is 412 Å². The van der Waals surface area contributed by atoms with Crippen molar-refractivity contribution in [2.24, 2.45) is 35.3 Å². The zero-order valence-electron chi connectivity index (χ0n) is 82.5. The number of amides is 2. The number of carboxylic acids is 1. The van der Waals surface area contributed by atoms with E-state index in [1.165, 1.54) is 113 Å². The van der Waals surface area contributed by atoms with Gasteiger partial charge in [0.1, 0.15) is 43.2 Å². The van der Waals surface area contributed by atoms with Gasteiger partial charge in [0.25, 0.3) is 20.9 Å². The number of piperidine rings is 2. The van der Waals surface area contributed by atoms with E-state index in [-0.39, 0.29) is 149 Å². The van der Waals surface area contributed by atoms with Crippen LogP contribution in [-0.2, 0) is 75.6 Å². The van der Waals surface area contributed by atoms with E-state index < -0.39 is 108 Å². The number of nitrogens with two attached hydrogens (primary N) is 1. The summed E-state index contributed by atoms with van der Waals surface area (Å²) in [5, 5.41) is 14.7. The van der Waals surface area contributed by atoms with Crippen LogP contribution in [0, 0.1) is 35.7 Å². The molecule has 6 unspecified atom stereocenters. The molecule has 46 heteroatoms. The van der Waals surface area contributed by atoms with Gasteiger partial charge < -0.3 is 54.2 Å². The minimum Gasteiger partial charge on any atom is -0.870 e. The first-order valence-electron chi connectivity index (χ1n) is 45.2. The van der Waals surface area contributed by atoms with E-state index in [4.69, 9.17) is 45.3 Å². The SMILES string of the molecule is CC(C)COc1ccc2cc(S(=O)(=O)Cl)ccc2c1.CC(C)COc1ccc2cc(S(=O)(=O)NC(C(=O)N3C4CCC3CC(C)C4)C(F)(F)c3ccc(Br)cc3)ccc2c1.CC(C)COc1ccc2cc(S(=O)(=O)NC(C(=O)N3C4CCC3CC(N)C4)C(F)(F)c3ccc(Br)cc3)ccc2c1.CC(C)COc1ccc2cc(S(=O)(=O)[O-])ccc2c1.O=C(O)C(F)(F)F.O=S(=O)([O-])c1ccc2c[c-]ccc2c1.[B][B].[Na+].[Na+].[Na+].[OH-]. The zero-order chi connectivity index (χ0) is 105. The number of carboxylic acid groups (broad SMARTS) is 1. The molecule has 4 fully saturated rings. The summed E-state index contributed by atoms with van der Waals surface area (Å²) in [5.74, 6) is -7.42. The van der Waals surface area contributed by atoms with Crippen LogP contribution >= 0.6 is 42.5 Å². The molecular formula is C101H107B2Br2ClF7N5Na3O21S5-. The molecule has 6 atom stereocenters. The second kappa shape index (κ2) is 55.7. The molecule has 16 rings (SSSR count). The van der Waals surface area contributed by atoms with Crippen LogP contribution in [0.1, 0.15) is 125 Å². The molecule has 147 heavy (non-hydrogen) atoms. The van der Waals surface area contributed by atoms with Crippen LogP contribution in [0.15, 0.2) is 264 Å². The first kappa shape index (κ1) is 129. The number of ether oxygens (including phenoxy) is 4. The van der Waals surface area contributed by atoms with Crippen LogP contribution in [0.4, 0.5) is 30.7 Å². The maximum absolute atomic E-state index is 16.2. The van der Waals surface area contributed by atoms with Gasteiger partial charge in [-0.15, -0.1) is 16.8 Å². The largest absolute Gasteiger partial charge is 1.00 e. The predicted molar refractivity (Wildman–Crippen MR) is 543 cm³/mol. The minimum absolute atomic E-state index is 0. The molecule has 6 N–H and O–H groups in total. The number of hydrogen-bond acceptors (Lipinski definition) is 21. The van der Waals surface area contributed by atoms with Crippen molar-refractivity contribution in [2.45, 2.75) is 198 Å². The summed E-state index contributed by atoms with van der Waals surface area (Å²) in [6.45, 7) is 20.9. The van der Waals surface area contributed by atoms with Gasteiger partial charge in [-0.25, -0.2) is 46.9 Å². The van der Waals surface area contributed by atoms with Gasteiger partial charge in [-0.1, -0.05) is 179 Å². The standard InChI is InChI=1S/C31H35BrF2N2O4S.C30H34BrF2N3O4S.C14H15ClO3S.C14H16O4S.C10H7O3S.C2HF3O2.B2.3Na.H2O/c1-19(2)18-40-27-12-4-22-17-28(13-5-21(22)16-27)41(38,39)35-29(31(33,34)23-6-8-24(32)9-7-23)30(37)36-25-10-11-26(36)15-20(3)14-25;1-18(2)17-40-26-11-3-20-14-27(12-4-19(20)13-26)41(38,39)35-28(30(32,33)21-5-7-22(31)8-6-21)29(37)36-24-9-10-25(36)16-23(34)15-24;2*1-10(2)9-18-13-5-3-12-8-14(19(15,16)17)6-4-11(12)7-13;11-14(12,13)10-6-5-8-3-1-2-4-9(8)7-10;3-2(4,5)1(6)7;1-2;;;;/h4-9,12-13,16-17,19-20,25-26,29,35H,10-11,14-15,18H2,1-3H3;3-8,11-14,18,23-25,28,35H,9-10,15-17,34H2,1-2H3;3-8,10H,9H2,1-2H3;3-8,10H,9H2,1-2H3,(H,15,16,17);2-7H,(H,11,12,13);(H,6,7);;;;;1H2/q;;;;-1;;;3*+1;/p-3. The molecule has 4 radical (unpaired) electrons. The number of sulfonamides is 2. The van der Waals surface area contributed by atoms with Gasteiger partial charge in [0.2, 0.25) is 31.9 Å². The maximum atomic E-state index is 16.2. The summed E-state index contributed by atoms with van der Waals surface area (Å²) < 4.78 is 267. The van der Waals surface area contributed by atoms with E-state index in [9.17, 15) is 74.0 Å². The molecule has 0 aliphatic carbocycles. The second-order valence-corrected chi connectivity index (χ2v) is 47.1. The summed E-state index contributed by atoms with van der Waals surface area (Å²) in [4.78, 5) is 39.0. The fourth-order valence-corrected chi connectivity index (χ4v) is 21.3. The van der Waals surface area contributed by atoms with Gasteiger partial charge in [0.15, 0.2) is 12.1 Å². The van der Waals surface area contributed by atoms with Crippen molar-refractivity contribution < 1.29 is 215 Å². The number of benzene rings is 12. The fourth-order valence-electron chi connectivity index (χ4n) is 16.5. The number of carbonyl (C=O) groups is 3. The number of rotatable bonds is 27.